The molecule has 0 aliphatic heterocycles. The lowest BCUT2D eigenvalue weighted by molar-refractivity contribution is -0.133. The average molecular weight is 248 g/mol. The molecular formula is C16H24O2. The summed E-state index contributed by atoms with van der Waals surface area (Å²) in [5, 5.41) is 9.06. The Kier molecular flexibility index (Phi) is 5.90. The smallest absolute Gasteiger partial charge is 0.331 e. The molecule has 1 aliphatic carbocycles. The molecule has 18 heavy (non-hydrogen) atoms. The van der Waals surface area contributed by atoms with Gasteiger partial charge in [-0.25, -0.2) is 4.79 Å². The molecule has 0 bridgehead atoms. The van der Waals surface area contributed by atoms with Gasteiger partial charge in [-0.3, -0.25) is 0 Å². The number of carboxylic acids is 1. The standard InChI is InChI=1S/C16H24O2/c1-12-6-4-7-13(2)10-11-15(9-5-8-12)14(3)16(17)18/h5-6,8,13,15H,3-4,7,9-11H2,1-2H3,(H,17,18)/b8-5+,12-6?. The fourth-order valence-electron chi connectivity index (χ4n) is 2.32. The van der Waals surface area contributed by atoms with Gasteiger partial charge in [0.15, 0.2) is 0 Å². The van der Waals surface area contributed by atoms with Crippen molar-refractivity contribution in [2.45, 2.75) is 46.0 Å². The molecule has 0 aromatic rings. The molecule has 0 aromatic carbocycles. The highest BCUT2D eigenvalue weighted by molar-refractivity contribution is 5.86. The lowest BCUT2D eigenvalue weighted by atomic mass is 9.88. The SMILES string of the molecule is C=C(C(=O)O)C1C/C=C/C(C)=CCCC(C)CC1. The van der Waals surface area contributed by atoms with Crippen LogP contribution in [-0.4, -0.2) is 11.1 Å². The number of carboxylic acid groups (broad SMARTS) is 1. The number of hydrogen-bond donors (Lipinski definition) is 1. The van der Waals surface area contributed by atoms with E-state index in [0.29, 0.717) is 11.5 Å². The third kappa shape index (κ3) is 4.91. The van der Waals surface area contributed by atoms with E-state index < -0.39 is 5.97 Å². The molecule has 0 heterocycles. The molecule has 0 saturated heterocycles. The van der Waals surface area contributed by atoms with Crippen molar-refractivity contribution in [1.29, 1.82) is 0 Å². The zero-order chi connectivity index (χ0) is 13.5. The van der Waals surface area contributed by atoms with Crippen LogP contribution >= 0.6 is 0 Å². The summed E-state index contributed by atoms with van der Waals surface area (Å²) in [6.07, 6.45) is 11.5. The molecule has 0 amide bonds. The van der Waals surface area contributed by atoms with Crippen LogP contribution in [0.25, 0.3) is 0 Å². The highest BCUT2D eigenvalue weighted by Crippen LogP contribution is 2.26. The molecule has 100 valence electrons. The van der Waals surface area contributed by atoms with Gasteiger partial charge in [0.05, 0.1) is 0 Å². The van der Waals surface area contributed by atoms with Crippen molar-refractivity contribution in [3.8, 4) is 0 Å². The second kappa shape index (κ2) is 7.20. The molecule has 1 N–H and O–H groups in total. The predicted octanol–water partition coefficient (Wildman–Crippen LogP) is 4.35. The van der Waals surface area contributed by atoms with Crippen LogP contribution in [0, 0.1) is 11.8 Å². The number of aliphatic carboxylic acids is 1. The molecule has 0 radical (unpaired) electrons. The molecule has 1 rings (SSSR count). The minimum absolute atomic E-state index is 0.0760. The maximum absolute atomic E-state index is 11.0. The number of allylic oxidation sites excluding steroid dienone is 4. The van der Waals surface area contributed by atoms with Gasteiger partial charge in [-0.1, -0.05) is 43.7 Å². The van der Waals surface area contributed by atoms with E-state index >= 15 is 0 Å². The molecule has 0 saturated carbocycles. The molecule has 1 aliphatic rings. The monoisotopic (exact) mass is 248 g/mol. The van der Waals surface area contributed by atoms with E-state index in [1.807, 2.05) is 0 Å². The van der Waals surface area contributed by atoms with E-state index in [9.17, 15) is 4.79 Å². The van der Waals surface area contributed by atoms with E-state index in [-0.39, 0.29) is 5.92 Å². The van der Waals surface area contributed by atoms with Gasteiger partial charge in [-0.15, -0.1) is 0 Å². The van der Waals surface area contributed by atoms with Gasteiger partial charge in [0, 0.05) is 5.57 Å². The largest absolute Gasteiger partial charge is 0.478 e. The molecular weight excluding hydrogens is 224 g/mol. The quantitative estimate of drug-likeness (QED) is 0.738. The summed E-state index contributed by atoms with van der Waals surface area (Å²) in [5.74, 6) is -0.133. The lowest BCUT2D eigenvalue weighted by Gasteiger charge is -2.17. The average Bonchev–Trinajstić information content (AvgIpc) is 2.34. The van der Waals surface area contributed by atoms with Gasteiger partial charge in [0.1, 0.15) is 0 Å². The van der Waals surface area contributed by atoms with Gasteiger partial charge in [-0.05, 0) is 44.4 Å². The zero-order valence-corrected chi connectivity index (χ0v) is 11.5. The normalized spacial score (nSPS) is 27.8. The van der Waals surface area contributed by atoms with Crippen molar-refractivity contribution in [3.63, 3.8) is 0 Å². The third-order valence-electron chi connectivity index (χ3n) is 3.70. The van der Waals surface area contributed by atoms with Crippen LogP contribution in [0.2, 0.25) is 0 Å². The summed E-state index contributed by atoms with van der Waals surface area (Å²) in [5.41, 5.74) is 1.62. The van der Waals surface area contributed by atoms with Crippen molar-refractivity contribution < 1.29 is 9.90 Å². The molecule has 0 spiro atoms. The van der Waals surface area contributed by atoms with E-state index in [0.717, 1.165) is 25.7 Å². The molecule has 2 atom stereocenters. The fraction of sp³-hybridized carbons (Fsp3) is 0.562. The Balaban J connectivity index is 2.76. The summed E-state index contributed by atoms with van der Waals surface area (Å²) < 4.78 is 0. The summed E-state index contributed by atoms with van der Waals surface area (Å²) in [4.78, 5) is 11.0. The summed E-state index contributed by atoms with van der Waals surface area (Å²) in [6.45, 7) is 8.07. The Hall–Kier alpha value is -1.31. The van der Waals surface area contributed by atoms with Crippen LogP contribution < -0.4 is 0 Å². The summed E-state index contributed by atoms with van der Waals surface area (Å²) in [7, 11) is 0. The van der Waals surface area contributed by atoms with Crippen LogP contribution in [0.15, 0.2) is 36.0 Å². The van der Waals surface area contributed by atoms with E-state index in [4.69, 9.17) is 5.11 Å². The van der Waals surface area contributed by atoms with Crippen molar-refractivity contribution in [1.82, 2.24) is 0 Å². The van der Waals surface area contributed by atoms with Gasteiger partial charge < -0.3 is 5.11 Å². The fourth-order valence-corrected chi connectivity index (χ4v) is 2.32. The summed E-state index contributed by atoms with van der Waals surface area (Å²) in [6, 6.07) is 0. The van der Waals surface area contributed by atoms with Gasteiger partial charge in [-0.2, -0.15) is 0 Å². The Morgan fingerprint density at radius 1 is 1.39 bits per heavy atom. The van der Waals surface area contributed by atoms with Gasteiger partial charge in [0.2, 0.25) is 0 Å². The molecule has 2 heteroatoms. The zero-order valence-electron chi connectivity index (χ0n) is 11.5. The Labute approximate surface area is 110 Å². The number of rotatable bonds is 2. The number of hydrogen-bond acceptors (Lipinski definition) is 1. The van der Waals surface area contributed by atoms with Crippen molar-refractivity contribution in [2.75, 3.05) is 0 Å². The van der Waals surface area contributed by atoms with Crippen LogP contribution in [0.5, 0.6) is 0 Å². The van der Waals surface area contributed by atoms with Crippen LogP contribution in [-0.2, 0) is 4.79 Å². The van der Waals surface area contributed by atoms with Crippen LogP contribution in [0.1, 0.15) is 46.0 Å². The van der Waals surface area contributed by atoms with Crippen molar-refractivity contribution >= 4 is 5.97 Å². The molecule has 0 aromatic heterocycles. The molecule has 2 unspecified atom stereocenters. The van der Waals surface area contributed by atoms with Crippen molar-refractivity contribution in [2.24, 2.45) is 11.8 Å². The first-order chi connectivity index (χ1) is 8.50. The van der Waals surface area contributed by atoms with Crippen molar-refractivity contribution in [3.05, 3.63) is 36.0 Å². The number of carbonyl (C=O) groups is 1. The highest BCUT2D eigenvalue weighted by atomic mass is 16.4. The summed E-state index contributed by atoms with van der Waals surface area (Å²) >= 11 is 0. The Morgan fingerprint density at radius 3 is 2.78 bits per heavy atom. The highest BCUT2D eigenvalue weighted by Gasteiger charge is 2.18. The maximum atomic E-state index is 11.0. The van der Waals surface area contributed by atoms with E-state index in [2.05, 4.69) is 38.7 Å². The maximum Gasteiger partial charge on any atom is 0.331 e. The second-order valence-electron chi connectivity index (χ2n) is 5.37. The molecule has 2 nitrogen and oxygen atoms in total. The Morgan fingerprint density at radius 2 is 2.11 bits per heavy atom. The van der Waals surface area contributed by atoms with Gasteiger partial charge in [0.25, 0.3) is 0 Å². The van der Waals surface area contributed by atoms with Crippen LogP contribution in [0.3, 0.4) is 0 Å². The minimum Gasteiger partial charge on any atom is -0.478 e. The second-order valence-corrected chi connectivity index (χ2v) is 5.37. The van der Waals surface area contributed by atoms with Crippen LogP contribution in [0.4, 0.5) is 0 Å². The van der Waals surface area contributed by atoms with E-state index in [1.54, 1.807) is 0 Å². The third-order valence-corrected chi connectivity index (χ3v) is 3.70. The van der Waals surface area contributed by atoms with Gasteiger partial charge >= 0.3 is 5.97 Å². The first-order valence-electron chi connectivity index (χ1n) is 6.76. The first kappa shape index (κ1) is 14.7. The minimum atomic E-state index is -0.858. The lowest BCUT2D eigenvalue weighted by Crippen LogP contribution is -2.12. The Bertz CT molecular complexity index is 363. The van der Waals surface area contributed by atoms with E-state index in [1.165, 1.54) is 12.0 Å². The topological polar surface area (TPSA) is 37.3 Å². The predicted molar refractivity (Wildman–Crippen MR) is 75.4 cm³/mol. The first-order valence-corrected chi connectivity index (χ1v) is 6.76. The molecule has 0 fully saturated rings.